The van der Waals surface area contributed by atoms with E-state index in [2.05, 4.69) is 20.6 Å². The minimum Gasteiger partial charge on any atom is -0.361 e. The van der Waals surface area contributed by atoms with Crippen molar-refractivity contribution in [1.29, 1.82) is 0 Å². The summed E-state index contributed by atoms with van der Waals surface area (Å²) in [5.74, 6) is 1.43. The number of carbonyl (C=O) groups excluding carboxylic acids is 2. The SMILES string of the molecule is Cc1cccc(C(=O)N(C)CCc2noc(-c3ccc(C(=O)NCCc4c(C)noc4C)cc3)n2)c1. The first-order valence-electron chi connectivity index (χ1n) is 11.8. The molecule has 2 heterocycles. The van der Waals surface area contributed by atoms with Gasteiger partial charge in [0.15, 0.2) is 5.82 Å². The van der Waals surface area contributed by atoms with Crippen molar-refractivity contribution >= 4 is 11.8 Å². The van der Waals surface area contributed by atoms with E-state index < -0.39 is 0 Å². The van der Waals surface area contributed by atoms with Crippen molar-refractivity contribution in [1.82, 2.24) is 25.5 Å². The number of aryl methyl sites for hydroxylation is 3. The van der Waals surface area contributed by atoms with E-state index in [1.54, 1.807) is 42.3 Å². The molecule has 0 aliphatic rings. The minimum absolute atomic E-state index is 0.0528. The molecule has 0 aliphatic heterocycles. The summed E-state index contributed by atoms with van der Waals surface area (Å²) >= 11 is 0. The molecule has 9 heteroatoms. The molecule has 9 nitrogen and oxygen atoms in total. The van der Waals surface area contributed by atoms with Gasteiger partial charge in [-0.05, 0) is 63.6 Å². The number of rotatable bonds is 9. The second-order valence-corrected chi connectivity index (χ2v) is 8.75. The van der Waals surface area contributed by atoms with Crippen LogP contribution in [0.2, 0.25) is 0 Å². The van der Waals surface area contributed by atoms with Crippen molar-refractivity contribution in [2.45, 2.75) is 33.6 Å². The van der Waals surface area contributed by atoms with Gasteiger partial charge in [-0.25, -0.2) is 0 Å². The molecule has 186 valence electrons. The molecular formula is C27H29N5O4. The van der Waals surface area contributed by atoms with E-state index in [1.165, 1.54) is 0 Å². The molecule has 1 N–H and O–H groups in total. The number of nitrogens with one attached hydrogen (secondary N) is 1. The van der Waals surface area contributed by atoms with Gasteiger partial charge in [-0.1, -0.05) is 28.0 Å². The predicted molar refractivity (Wildman–Crippen MR) is 134 cm³/mol. The second-order valence-electron chi connectivity index (χ2n) is 8.75. The third-order valence-corrected chi connectivity index (χ3v) is 5.99. The lowest BCUT2D eigenvalue weighted by Crippen LogP contribution is -2.29. The summed E-state index contributed by atoms with van der Waals surface area (Å²) < 4.78 is 10.5. The molecule has 36 heavy (non-hydrogen) atoms. The Hall–Kier alpha value is -4.27. The number of amides is 2. The van der Waals surface area contributed by atoms with Crippen LogP contribution >= 0.6 is 0 Å². The number of carbonyl (C=O) groups is 2. The molecule has 4 rings (SSSR count). The van der Waals surface area contributed by atoms with Crippen molar-refractivity contribution in [3.63, 3.8) is 0 Å². The van der Waals surface area contributed by atoms with Gasteiger partial charge in [0.2, 0.25) is 0 Å². The van der Waals surface area contributed by atoms with E-state index in [-0.39, 0.29) is 11.8 Å². The lowest BCUT2D eigenvalue weighted by molar-refractivity contribution is 0.0795. The Bertz CT molecular complexity index is 1340. The molecule has 0 unspecified atom stereocenters. The maximum absolute atomic E-state index is 12.6. The summed E-state index contributed by atoms with van der Waals surface area (Å²) in [6, 6.07) is 14.5. The molecule has 0 saturated heterocycles. The monoisotopic (exact) mass is 487 g/mol. The Kier molecular flexibility index (Phi) is 7.58. The van der Waals surface area contributed by atoms with Gasteiger partial charge in [-0.3, -0.25) is 9.59 Å². The molecule has 0 fully saturated rings. The number of benzene rings is 2. The van der Waals surface area contributed by atoms with Gasteiger partial charge >= 0.3 is 0 Å². The molecule has 0 saturated carbocycles. The zero-order valence-electron chi connectivity index (χ0n) is 20.9. The Morgan fingerprint density at radius 2 is 1.72 bits per heavy atom. The minimum atomic E-state index is -0.166. The molecule has 0 atom stereocenters. The first-order valence-corrected chi connectivity index (χ1v) is 11.8. The van der Waals surface area contributed by atoms with E-state index in [0.29, 0.717) is 54.3 Å². The first-order chi connectivity index (χ1) is 17.3. The number of hydrogen-bond donors (Lipinski definition) is 1. The topological polar surface area (TPSA) is 114 Å². The summed E-state index contributed by atoms with van der Waals surface area (Å²) in [7, 11) is 1.75. The molecule has 2 aromatic carbocycles. The summed E-state index contributed by atoms with van der Waals surface area (Å²) in [5, 5.41) is 10.9. The third-order valence-electron chi connectivity index (χ3n) is 5.99. The summed E-state index contributed by atoms with van der Waals surface area (Å²) in [5.41, 5.74) is 4.80. The first kappa shape index (κ1) is 24.8. The standard InChI is InChI=1S/C27H29N5O4/c1-17-6-5-7-22(16-17)27(34)32(4)15-13-24-29-26(36-31-24)21-10-8-20(9-11-21)25(33)28-14-12-23-18(2)30-35-19(23)3/h5-11,16H,12-15H2,1-4H3,(H,28,33). The van der Waals surface area contributed by atoms with Gasteiger partial charge in [-0.15, -0.1) is 0 Å². The molecule has 2 amide bonds. The Morgan fingerprint density at radius 1 is 0.944 bits per heavy atom. The van der Waals surface area contributed by atoms with E-state index in [0.717, 1.165) is 22.6 Å². The van der Waals surface area contributed by atoms with Gasteiger partial charge in [0, 0.05) is 48.8 Å². The number of nitrogens with zero attached hydrogens (tertiary/aromatic N) is 4. The highest BCUT2D eigenvalue weighted by Gasteiger charge is 2.15. The molecule has 0 radical (unpaired) electrons. The fourth-order valence-electron chi connectivity index (χ4n) is 3.87. The Labute approximate surface area is 209 Å². The van der Waals surface area contributed by atoms with Gasteiger partial charge in [-0.2, -0.15) is 4.98 Å². The lowest BCUT2D eigenvalue weighted by atomic mass is 10.1. The zero-order chi connectivity index (χ0) is 25.7. The van der Waals surface area contributed by atoms with Gasteiger partial charge in [0.1, 0.15) is 5.76 Å². The zero-order valence-corrected chi connectivity index (χ0v) is 20.9. The van der Waals surface area contributed by atoms with E-state index >= 15 is 0 Å². The van der Waals surface area contributed by atoms with E-state index in [9.17, 15) is 9.59 Å². The average Bonchev–Trinajstić information content (AvgIpc) is 3.49. The van der Waals surface area contributed by atoms with Crippen LogP contribution in [0.4, 0.5) is 0 Å². The van der Waals surface area contributed by atoms with Crippen molar-refractivity contribution < 1.29 is 18.6 Å². The van der Waals surface area contributed by atoms with Crippen LogP contribution in [0, 0.1) is 20.8 Å². The van der Waals surface area contributed by atoms with Crippen molar-refractivity contribution in [2.24, 2.45) is 0 Å². The molecule has 0 bridgehead atoms. The highest BCUT2D eigenvalue weighted by molar-refractivity contribution is 5.95. The quantitative estimate of drug-likeness (QED) is 0.380. The summed E-state index contributed by atoms with van der Waals surface area (Å²) in [4.78, 5) is 31.2. The highest BCUT2D eigenvalue weighted by Crippen LogP contribution is 2.18. The predicted octanol–water partition coefficient (Wildman–Crippen LogP) is 3.94. The van der Waals surface area contributed by atoms with Crippen LogP contribution in [0.25, 0.3) is 11.5 Å². The van der Waals surface area contributed by atoms with Crippen molar-refractivity contribution in [3.05, 3.63) is 88.1 Å². The number of hydrogen-bond acceptors (Lipinski definition) is 7. The van der Waals surface area contributed by atoms with Crippen LogP contribution < -0.4 is 5.32 Å². The number of aromatic nitrogens is 3. The normalized spacial score (nSPS) is 10.9. The largest absolute Gasteiger partial charge is 0.361 e. The number of likely N-dealkylation sites (N-methyl/N-ethyl adjacent to an activating group) is 1. The molecular weight excluding hydrogens is 458 g/mol. The highest BCUT2D eigenvalue weighted by atomic mass is 16.5. The van der Waals surface area contributed by atoms with Crippen LogP contribution in [-0.2, 0) is 12.8 Å². The molecule has 0 spiro atoms. The smallest absolute Gasteiger partial charge is 0.257 e. The Balaban J connectivity index is 1.29. The summed E-state index contributed by atoms with van der Waals surface area (Å²) in [6.07, 6.45) is 1.12. The molecule has 2 aromatic heterocycles. The maximum Gasteiger partial charge on any atom is 0.257 e. The lowest BCUT2D eigenvalue weighted by Gasteiger charge is -2.16. The van der Waals surface area contributed by atoms with Gasteiger partial charge < -0.3 is 19.3 Å². The maximum atomic E-state index is 12.6. The average molecular weight is 488 g/mol. The Morgan fingerprint density at radius 3 is 2.42 bits per heavy atom. The molecule has 0 aliphatic carbocycles. The van der Waals surface area contributed by atoms with Crippen LogP contribution in [0.15, 0.2) is 57.6 Å². The van der Waals surface area contributed by atoms with Crippen LogP contribution in [0.1, 0.15) is 49.1 Å². The van der Waals surface area contributed by atoms with Crippen molar-refractivity contribution in [2.75, 3.05) is 20.1 Å². The fraction of sp³-hybridized carbons (Fsp3) is 0.296. The third kappa shape index (κ3) is 5.86. The van der Waals surface area contributed by atoms with E-state index in [1.807, 2.05) is 39.0 Å². The van der Waals surface area contributed by atoms with Gasteiger partial charge in [0.25, 0.3) is 17.7 Å². The van der Waals surface area contributed by atoms with Gasteiger partial charge in [0.05, 0.1) is 5.69 Å². The van der Waals surface area contributed by atoms with Crippen LogP contribution in [-0.4, -0.2) is 52.1 Å². The van der Waals surface area contributed by atoms with Crippen LogP contribution in [0.3, 0.4) is 0 Å². The summed E-state index contributed by atoms with van der Waals surface area (Å²) in [6.45, 7) is 6.65. The fourth-order valence-corrected chi connectivity index (χ4v) is 3.87. The van der Waals surface area contributed by atoms with Crippen LogP contribution in [0.5, 0.6) is 0 Å². The van der Waals surface area contributed by atoms with Crippen molar-refractivity contribution in [3.8, 4) is 11.5 Å². The molecule has 4 aromatic rings. The second kappa shape index (κ2) is 11.0. The van der Waals surface area contributed by atoms with E-state index in [4.69, 9.17) is 9.05 Å².